The first-order chi connectivity index (χ1) is 9.43. The molecule has 2 N–H and O–H groups in total. The molecule has 2 aromatic rings. The van der Waals surface area contributed by atoms with Gasteiger partial charge in [-0.1, -0.05) is 31.2 Å². The second-order valence-corrected chi connectivity index (χ2v) is 4.53. The summed E-state index contributed by atoms with van der Waals surface area (Å²) in [6.07, 6.45) is -1.25. The quantitative estimate of drug-likeness (QED) is 0.930. The van der Waals surface area contributed by atoms with Crippen molar-refractivity contribution in [2.45, 2.75) is 25.6 Å². The van der Waals surface area contributed by atoms with Crippen LogP contribution in [0.1, 0.15) is 35.2 Å². The Balaban J connectivity index is 2.40. The van der Waals surface area contributed by atoms with Crippen molar-refractivity contribution in [2.24, 2.45) is 5.73 Å². The van der Waals surface area contributed by atoms with Gasteiger partial charge in [0, 0.05) is 18.0 Å². The summed E-state index contributed by atoms with van der Waals surface area (Å²) in [5.41, 5.74) is 6.97. The Hall–Kier alpha value is -1.88. The summed E-state index contributed by atoms with van der Waals surface area (Å²) in [4.78, 5) is 3.76. The van der Waals surface area contributed by atoms with E-state index in [-0.39, 0.29) is 5.56 Å². The molecule has 20 heavy (non-hydrogen) atoms. The number of nitrogens with zero attached hydrogens (tertiary/aromatic N) is 1. The molecule has 2 nitrogen and oxygen atoms in total. The number of aryl methyl sites for hydroxylation is 1. The molecule has 1 heterocycles. The van der Waals surface area contributed by atoms with E-state index in [1.54, 1.807) is 12.1 Å². The highest BCUT2D eigenvalue weighted by molar-refractivity contribution is 5.37. The Kier molecular flexibility index (Phi) is 4.09. The van der Waals surface area contributed by atoms with E-state index in [9.17, 15) is 13.2 Å². The minimum absolute atomic E-state index is 0.00996. The predicted molar refractivity (Wildman–Crippen MR) is 71.1 cm³/mol. The lowest BCUT2D eigenvalue weighted by molar-refractivity contribution is -0.138. The Bertz CT molecular complexity index is 576. The van der Waals surface area contributed by atoms with Gasteiger partial charge < -0.3 is 5.73 Å². The lowest BCUT2D eigenvalue weighted by Crippen LogP contribution is -2.18. The summed E-state index contributed by atoms with van der Waals surface area (Å²) in [5, 5.41) is 0. The summed E-state index contributed by atoms with van der Waals surface area (Å²) in [6, 6.07) is 7.38. The number of aromatic nitrogens is 1. The fourth-order valence-corrected chi connectivity index (χ4v) is 2.05. The molecular formula is C15H15F3N2. The molecule has 0 fully saturated rings. The van der Waals surface area contributed by atoms with Gasteiger partial charge in [0.1, 0.15) is 0 Å². The largest absolute Gasteiger partial charge is 0.416 e. The van der Waals surface area contributed by atoms with Crippen LogP contribution in [0.25, 0.3) is 0 Å². The van der Waals surface area contributed by atoms with E-state index in [2.05, 4.69) is 4.98 Å². The average molecular weight is 280 g/mol. The molecule has 2 rings (SSSR count). The number of benzene rings is 1. The van der Waals surface area contributed by atoms with E-state index in [1.807, 2.05) is 19.1 Å². The third-order valence-corrected chi connectivity index (χ3v) is 3.24. The molecule has 0 aliphatic rings. The first kappa shape index (κ1) is 14.5. The van der Waals surface area contributed by atoms with Crippen LogP contribution in [0.5, 0.6) is 0 Å². The van der Waals surface area contributed by atoms with Gasteiger partial charge in [-0.3, -0.25) is 4.98 Å². The Morgan fingerprint density at radius 3 is 2.35 bits per heavy atom. The summed E-state index contributed by atoms with van der Waals surface area (Å²) >= 11 is 0. The van der Waals surface area contributed by atoms with E-state index >= 15 is 0 Å². The van der Waals surface area contributed by atoms with Crippen LogP contribution in [-0.2, 0) is 12.6 Å². The maximum absolute atomic E-state index is 13.0. The van der Waals surface area contributed by atoms with E-state index in [0.29, 0.717) is 5.56 Å². The lowest BCUT2D eigenvalue weighted by Gasteiger charge is -2.18. The van der Waals surface area contributed by atoms with Gasteiger partial charge in [-0.25, -0.2) is 0 Å². The number of pyridine rings is 1. The smallest absolute Gasteiger partial charge is 0.320 e. The summed E-state index contributed by atoms with van der Waals surface area (Å²) in [6.45, 7) is 2.01. The van der Waals surface area contributed by atoms with Crippen molar-refractivity contribution in [3.8, 4) is 0 Å². The molecule has 1 aromatic heterocycles. The molecule has 106 valence electrons. The van der Waals surface area contributed by atoms with Crippen LogP contribution >= 0.6 is 0 Å². The van der Waals surface area contributed by atoms with Crippen LogP contribution in [0.15, 0.2) is 42.7 Å². The zero-order chi connectivity index (χ0) is 14.8. The Morgan fingerprint density at radius 2 is 1.80 bits per heavy atom. The highest BCUT2D eigenvalue weighted by atomic mass is 19.4. The van der Waals surface area contributed by atoms with Gasteiger partial charge in [-0.15, -0.1) is 0 Å². The molecule has 1 unspecified atom stereocenters. The molecule has 0 spiro atoms. The van der Waals surface area contributed by atoms with Crippen molar-refractivity contribution in [3.05, 3.63) is 65.0 Å². The average Bonchev–Trinajstić information content (AvgIpc) is 2.46. The Morgan fingerprint density at radius 1 is 1.15 bits per heavy atom. The Labute approximate surface area is 115 Å². The minimum Gasteiger partial charge on any atom is -0.320 e. The third-order valence-electron chi connectivity index (χ3n) is 3.24. The number of nitrogens with two attached hydrogens (primary N) is 1. The van der Waals surface area contributed by atoms with Gasteiger partial charge in [-0.05, 0) is 23.6 Å². The molecule has 0 saturated carbocycles. The number of rotatable bonds is 3. The number of hydrogen-bond donors (Lipinski definition) is 1. The summed E-state index contributed by atoms with van der Waals surface area (Å²) in [5.74, 6) is 0. The second-order valence-electron chi connectivity index (χ2n) is 4.53. The highest BCUT2D eigenvalue weighted by Gasteiger charge is 2.34. The van der Waals surface area contributed by atoms with Gasteiger partial charge >= 0.3 is 6.18 Å². The predicted octanol–water partition coefficient (Wildman–Crippen LogP) is 3.71. The summed E-state index contributed by atoms with van der Waals surface area (Å²) in [7, 11) is 0. The van der Waals surface area contributed by atoms with Crippen LogP contribution in [-0.4, -0.2) is 4.98 Å². The van der Waals surface area contributed by atoms with Gasteiger partial charge in [0.15, 0.2) is 0 Å². The standard InChI is InChI=1S/C15H15F3N2/c1-2-10-3-5-11(6-4-10)14(19)12-9-20-8-7-13(12)15(16,17)18/h3-9,14H,2,19H2,1H3. The topological polar surface area (TPSA) is 38.9 Å². The monoisotopic (exact) mass is 280 g/mol. The molecule has 1 aromatic carbocycles. The van der Waals surface area contributed by atoms with Gasteiger partial charge in [0.2, 0.25) is 0 Å². The summed E-state index contributed by atoms with van der Waals surface area (Å²) < 4.78 is 38.9. The molecule has 0 aliphatic heterocycles. The second kappa shape index (κ2) is 5.63. The fraction of sp³-hybridized carbons (Fsp3) is 0.267. The SMILES string of the molecule is CCc1ccc(C(N)c2cnccc2C(F)(F)F)cc1. The number of halogens is 3. The maximum atomic E-state index is 13.0. The lowest BCUT2D eigenvalue weighted by atomic mass is 9.95. The van der Waals surface area contributed by atoms with E-state index in [0.717, 1.165) is 24.2 Å². The van der Waals surface area contributed by atoms with E-state index in [4.69, 9.17) is 5.73 Å². The molecular weight excluding hydrogens is 265 g/mol. The van der Waals surface area contributed by atoms with Crippen molar-refractivity contribution in [1.82, 2.24) is 4.98 Å². The van der Waals surface area contributed by atoms with E-state index in [1.165, 1.54) is 6.20 Å². The minimum atomic E-state index is -4.43. The van der Waals surface area contributed by atoms with Gasteiger partial charge in [0.05, 0.1) is 11.6 Å². The first-order valence-corrected chi connectivity index (χ1v) is 6.29. The molecule has 0 aliphatic carbocycles. The molecule has 1 atom stereocenters. The maximum Gasteiger partial charge on any atom is 0.416 e. The third kappa shape index (κ3) is 2.99. The fourth-order valence-electron chi connectivity index (χ4n) is 2.05. The van der Waals surface area contributed by atoms with Crippen LogP contribution in [0, 0.1) is 0 Å². The zero-order valence-electron chi connectivity index (χ0n) is 11.0. The van der Waals surface area contributed by atoms with Crippen molar-refractivity contribution >= 4 is 0 Å². The highest BCUT2D eigenvalue weighted by Crippen LogP contribution is 2.35. The van der Waals surface area contributed by atoms with Crippen LogP contribution in [0.2, 0.25) is 0 Å². The van der Waals surface area contributed by atoms with E-state index < -0.39 is 17.8 Å². The molecule has 0 bridgehead atoms. The number of hydrogen-bond acceptors (Lipinski definition) is 2. The number of alkyl halides is 3. The van der Waals surface area contributed by atoms with Crippen molar-refractivity contribution in [2.75, 3.05) is 0 Å². The van der Waals surface area contributed by atoms with Crippen molar-refractivity contribution in [3.63, 3.8) is 0 Å². The normalized spacial score (nSPS) is 13.2. The first-order valence-electron chi connectivity index (χ1n) is 6.29. The van der Waals surface area contributed by atoms with Crippen LogP contribution < -0.4 is 5.73 Å². The van der Waals surface area contributed by atoms with Gasteiger partial charge in [-0.2, -0.15) is 13.2 Å². The molecule has 0 amide bonds. The molecule has 0 radical (unpaired) electrons. The molecule has 5 heteroatoms. The van der Waals surface area contributed by atoms with Crippen molar-refractivity contribution < 1.29 is 13.2 Å². The van der Waals surface area contributed by atoms with Crippen LogP contribution in [0.4, 0.5) is 13.2 Å². The van der Waals surface area contributed by atoms with Gasteiger partial charge in [0.25, 0.3) is 0 Å². The molecule has 0 saturated heterocycles. The van der Waals surface area contributed by atoms with Crippen molar-refractivity contribution in [1.29, 1.82) is 0 Å². The van der Waals surface area contributed by atoms with Crippen LogP contribution in [0.3, 0.4) is 0 Å². The zero-order valence-corrected chi connectivity index (χ0v) is 11.0.